The zero-order valence-corrected chi connectivity index (χ0v) is 20.1. The molecule has 0 unspecified atom stereocenters. The molecule has 1 aromatic heterocycles. The van der Waals surface area contributed by atoms with Gasteiger partial charge in [0.2, 0.25) is 6.79 Å². The number of aryl methyl sites for hydroxylation is 1. The number of ketones is 1. The van der Waals surface area contributed by atoms with Crippen molar-refractivity contribution < 1.29 is 23.7 Å². The minimum absolute atomic E-state index is 0.0548. The summed E-state index contributed by atoms with van der Waals surface area (Å²) in [6.07, 6.45) is 1.20. The zero-order valence-electron chi connectivity index (χ0n) is 19.3. The van der Waals surface area contributed by atoms with Crippen molar-refractivity contribution in [2.24, 2.45) is 0 Å². The Morgan fingerprint density at radius 2 is 1.79 bits per heavy atom. The Bertz CT molecular complexity index is 1340. The van der Waals surface area contributed by atoms with Crippen molar-refractivity contribution in [1.29, 1.82) is 0 Å². The lowest BCUT2D eigenvalue weighted by atomic mass is 9.73. The number of benzene rings is 2. The van der Waals surface area contributed by atoms with Gasteiger partial charge in [0.15, 0.2) is 28.8 Å². The first-order valence-electron chi connectivity index (χ1n) is 11.3. The average Bonchev–Trinajstić information content (AvgIpc) is 3.48. The Balaban J connectivity index is 1.45. The van der Waals surface area contributed by atoms with Crippen LogP contribution in [0.15, 0.2) is 53.0 Å². The van der Waals surface area contributed by atoms with Crippen LogP contribution in [0, 0.1) is 6.92 Å². The summed E-state index contributed by atoms with van der Waals surface area (Å²) in [6.45, 7) is 2.33. The van der Waals surface area contributed by atoms with Crippen molar-refractivity contribution in [3.05, 3.63) is 74.6 Å². The molecule has 0 amide bonds. The summed E-state index contributed by atoms with van der Waals surface area (Å²) < 4.78 is 22.2. The summed E-state index contributed by atoms with van der Waals surface area (Å²) in [5.41, 5.74) is 6.16. The van der Waals surface area contributed by atoms with E-state index in [9.17, 15) is 4.79 Å². The van der Waals surface area contributed by atoms with Gasteiger partial charge in [0.1, 0.15) is 0 Å². The van der Waals surface area contributed by atoms with E-state index >= 15 is 0 Å². The molecule has 0 saturated heterocycles. The Labute approximate surface area is 202 Å². The van der Waals surface area contributed by atoms with Crippen molar-refractivity contribution in [2.75, 3.05) is 26.3 Å². The highest BCUT2D eigenvalue weighted by molar-refractivity contribution is 7.10. The predicted molar refractivity (Wildman–Crippen MR) is 131 cm³/mol. The van der Waals surface area contributed by atoms with E-state index < -0.39 is 0 Å². The molecule has 1 N–H and O–H groups in total. The number of allylic oxidation sites excluding steroid dienone is 2. The highest BCUT2D eigenvalue weighted by Crippen LogP contribution is 2.52. The quantitative estimate of drug-likeness (QED) is 0.518. The summed E-state index contributed by atoms with van der Waals surface area (Å²) in [4.78, 5) is 14.9. The molecule has 0 bridgehead atoms. The normalized spacial score (nSPS) is 20.5. The fourth-order valence-electron chi connectivity index (χ4n) is 5.30. The number of thiophene rings is 1. The van der Waals surface area contributed by atoms with Crippen molar-refractivity contribution in [3.8, 4) is 23.0 Å². The second kappa shape index (κ2) is 8.09. The predicted octanol–water partition coefficient (Wildman–Crippen LogP) is 5.76. The van der Waals surface area contributed by atoms with E-state index in [1.807, 2.05) is 30.3 Å². The van der Waals surface area contributed by atoms with Crippen LogP contribution in [-0.2, 0) is 4.79 Å². The van der Waals surface area contributed by atoms with Crippen LogP contribution in [-0.4, -0.2) is 26.8 Å². The minimum Gasteiger partial charge on any atom is -0.493 e. The summed E-state index contributed by atoms with van der Waals surface area (Å²) in [5, 5.41) is 5.69. The average molecular weight is 476 g/mol. The Hall–Kier alpha value is -3.45. The fourth-order valence-corrected chi connectivity index (χ4v) is 6.36. The van der Waals surface area contributed by atoms with Crippen molar-refractivity contribution in [2.45, 2.75) is 31.6 Å². The number of Topliss-reactive ketones (excluding diaryl/α,β-unsaturated/α-hetero) is 1. The second-order valence-corrected chi connectivity index (χ2v) is 9.80. The lowest BCUT2D eigenvalue weighted by Crippen LogP contribution is -2.29. The molecule has 3 heterocycles. The number of methoxy groups -OCH3 is 2. The van der Waals surface area contributed by atoms with Crippen LogP contribution in [0.3, 0.4) is 0 Å². The van der Waals surface area contributed by atoms with Crippen LogP contribution in [0.4, 0.5) is 5.69 Å². The van der Waals surface area contributed by atoms with Gasteiger partial charge in [-0.05, 0) is 65.6 Å². The molecule has 0 spiro atoms. The number of ether oxygens (including phenoxy) is 4. The van der Waals surface area contributed by atoms with Gasteiger partial charge in [0.05, 0.1) is 20.1 Å². The summed E-state index contributed by atoms with van der Waals surface area (Å²) in [7, 11) is 3.26. The molecule has 1 aliphatic carbocycles. The maximum Gasteiger partial charge on any atom is 0.231 e. The summed E-state index contributed by atoms with van der Waals surface area (Å²) in [6, 6.07) is 12.1. The molecule has 7 heteroatoms. The molecule has 2 aliphatic heterocycles. The molecule has 3 aliphatic rings. The van der Waals surface area contributed by atoms with Gasteiger partial charge in [0, 0.05) is 34.3 Å². The van der Waals surface area contributed by atoms with Crippen molar-refractivity contribution in [1.82, 2.24) is 0 Å². The first-order valence-corrected chi connectivity index (χ1v) is 12.2. The molecule has 2 aromatic carbocycles. The molecule has 0 saturated carbocycles. The molecule has 174 valence electrons. The van der Waals surface area contributed by atoms with E-state index in [0.717, 1.165) is 46.0 Å². The van der Waals surface area contributed by atoms with E-state index in [2.05, 4.69) is 23.7 Å². The van der Waals surface area contributed by atoms with Crippen molar-refractivity contribution in [3.63, 3.8) is 0 Å². The monoisotopic (exact) mass is 475 g/mol. The number of rotatable bonds is 4. The lowest BCUT2D eigenvalue weighted by molar-refractivity contribution is -0.116. The van der Waals surface area contributed by atoms with Gasteiger partial charge in [0.25, 0.3) is 0 Å². The minimum atomic E-state index is -0.111. The van der Waals surface area contributed by atoms with Gasteiger partial charge in [-0.3, -0.25) is 4.79 Å². The van der Waals surface area contributed by atoms with Gasteiger partial charge in [-0.15, -0.1) is 11.3 Å². The van der Waals surface area contributed by atoms with Crippen LogP contribution >= 0.6 is 11.3 Å². The molecule has 6 nitrogen and oxygen atoms in total. The first kappa shape index (κ1) is 21.1. The topological polar surface area (TPSA) is 66.0 Å². The van der Waals surface area contributed by atoms with Gasteiger partial charge >= 0.3 is 0 Å². The molecular weight excluding hydrogens is 450 g/mol. The number of carbonyl (C=O) groups excluding carboxylic acids is 1. The van der Waals surface area contributed by atoms with Crippen LogP contribution in [0.2, 0.25) is 0 Å². The van der Waals surface area contributed by atoms with Gasteiger partial charge in [-0.1, -0.05) is 6.07 Å². The maximum atomic E-state index is 13.7. The third-order valence-corrected chi connectivity index (χ3v) is 8.06. The smallest absolute Gasteiger partial charge is 0.231 e. The molecule has 34 heavy (non-hydrogen) atoms. The van der Waals surface area contributed by atoms with Crippen molar-refractivity contribution >= 4 is 22.8 Å². The number of carbonyl (C=O) groups is 1. The second-order valence-electron chi connectivity index (χ2n) is 8.85. The van der Waals surface area contributed by atoms with E-state index in [1.54, 1.807) is 25.6 Å². The number of fused-ring (bicyclic) bond motifs is 2. The molecule has 6 rings (SSSR count). The maximum absolute atomic E-state index is 13.7. The highest BCUT2D eigenvalue weighted by Gasteiger charge is 2.40. The van der Waals surface area contributed by atoms with E-state index in [-0.39, 0.29) is 24.4 Å². The van der Waals surface area contributed by atoms with Gasteiger partial charge in [-0.25, -0.2) is 0 Å². The molecule has 2 atom stereocenters. The van der Waals surface area contributed by atoms with Crippen LogP contribution < -0.4 is 24.3 Å². The molecule has 0 radical (unpaired) electrons. The fraction of sp³-hybridized carbons (Fsp3) is 0.296. The van der Waals surface area contributed by atoms with Crippen LogP contribution in [0.5, 0.6) is 23.0 Å². The van der Waals surface area contributed by atoms with Crippen LogP contribution in [0.25, 0.3) is 0 Å². The number of anilines is 1. The third-order valence-electron chi connectivity index (χ3n) is 6.98. The van der Waals surface area contributed by atoms with E-state index in [4.69, 9.17) is 18.9 Å². The molecule has 3 aromatic rings. The number of hydrogen-bond donors (Lipinski definition) is 1. The molecule has 0 fully saturated rings. The van der Waals surface area contributed by atoms with E-state index in [1.165, 1.54) is 10.4 Å². The lowest BCUT2D eigenvalue weighted by Gasteiger charge is -2.36. The Morgan fingerprint density at radius 1 is 1.00 bits per heavy atom. The van der Waals surface area contributed by atoms with E-state index in [0.29, 0.717) is 17.9 Å². The summed E-state index contributed by atoms with van der Waals surface area (Å²) >= 11 is 1.70. The number of nitrogens with one attached hydrogen (secondary N) is 1. The zero-order chi connectivity index (χ0) is 23.4. The third kappa shape index (κ3) is 3.26. The Morgan fingerprint density at radius 3 is 2.53 bits per heavy atom. The largest absolute Gasteiger partial charge is 0.493 e. The Kier molecular flexibility index (Phi) is 5.03. The highest BCUT2D eigenvalue weighted by atomic mass is 32.1. The van der Waals surface area contributed by atoms with Gasteiger partial charge in [-0.2, -0.15) is 0 Å². The standard InChI is InChI=1S/C27H25NO5S/c1-14-6-7-34-27(14)25-17-11-23-24(33-13-32-23)12-18(17)28-19-8-16(9-20(29)26(19)25)15-4-5-21(30-2)22(10-15)31-3/h4-7,10-12,16,25,28H,8-9,13H2,1-3H3/t16-,25-/m0/s1. The van der Waals surface area contributed by atoms with Crippen LogP contribution in [0.1, 0.15) is 46.2 Å². The SMILES string of the molecule is COc1ccc([C@@H]2CC(=O)C3=C(C2)Nc2cc4c(cc2[C@@H]3c2sccc2C)OCO4)cc1OC. The summed E-state index contributed by atoms with van der Waals surface area (Å²) in [5.74, 6) is 2.94. The molecular formula is C27H25NO5S. The number of hydrogen-bond acceptors (Lipinski definition) is 7. The van der Waals surface area contributed by atoms with Gasteiger partial charge < -0.3 is 24.3 Å². The first-order chi connectivity index (χ1) is 16.6.